The molecule has 0 radical (unpaired) electrons. The summed E-state index contributed by atoms with van der Waals surface area (Å²) in [6.07, 6.45) is 3.44. The lowest BCUT2D eigenvalue weighted by atomic mass is 10.1. The normalized spacial score (nSPS) is 15.9. The van der Waals surface area contributed by atoms with Gasteiger partial charge in [-0.05, 0) is 49.3 Å². The second kappa shape index (κ2) is 7.34. The minimum Gasteiger partial charge on any atom is -0.396 e. The first-order chi connectivity index (χ1) is 9.63. The van der Waals surface area contributed by atoms with Gasteiger partial charge in [0.25, 0.3) is 0 Å². The van der Waals surface area contributed by atoms with Gasteiger partial charge < -0.3 is 10.4 Å². The van der Waals surface area contributed by atoms with Crippen LogP contribution in [-0.4, -0.2) is 29.9 Å². The topological polar surface area (TPSA) is 49.3 Å². The minimum absolute atomic E-state index is 0.00623. The van der Waals surface area contributed by atoms with Gasteiger partial charge >= 0.3 is 0 Å². The minimum atomic E-state index is -0.00623. The van der Waals surface area contributed by atoms with Gasteiger partial charge in [-0.15, -0.1) is 11.8 Å². The van der Waals surface area contributed by atoms with E-state index in [9.17, 15) is 4.79 Å². The summed E-state index contributed by atoms with van der Waals surface area (Å²) in [6.45, 7) is 0.798. The molecule has 5 heteroatoms. The zero-order valence-corrected chi connectivity index (χ0v) is 13.0. The lowest BCUT2D eigenvalue weighted by molar-refractivity contribution is -0.121. The second-order valence-corrected chi connectivity index (χ2v) is 6.95. The van der Waals surface area contributed by atoms with Crippen molar-refractivity contribution in [2.45, 2.75) is 30.6 Å². The number of aliphatic hydroxyl groups excluding tert-OH is 1. The van der Waals surface area contributed by atoms with Crippen molar-refractivity contribution in [1.82, 2.24) is 5.32 Å². The van der Waals surface area contributed by atoms with Gasteiger partial charge in [-0.25, -0.2) is 0 Å². The summed E-state index contributed by atoms with van der Waals surface area (Å²) in [5.41, 5.74) is -0.00623. The Balaban J connectivity index is 1.56. The van der Waals surface area contributed by atoms with Crippen LogP contribution in [0.15, 0.2) is 29.2 Å². The molecule has 0 atom stereocenters. The Labute approximate surface area is 129 Å². The molecular weight excluding hydrogens is 294 g/mol. The number of amides is 1. The van der Waals surface area contributed by atoms with Crippen LogP contribution in [0.3, 0.4) is 0 Å². The van der Waals surface area contributed by atoms with E-state index < -0.39 is 0 Å². The number of thioether (sulfide) groups is 1. The second-order valence-electron chi connectivity index (χ2n) is 5.34. The number of hydrogen-bond donors (Lipinski definition) is 2. The van der Waals surface area contributed by atoms with Crippen molar-refractivity contribution in [3.63, 3.8) is 0 Å². The Morgan fingerprint density at radius 3 is 2.65 bits per heavy atom. The van der Waals surface area contributed by atoms with Crippen LogP contribution < -0.4 is 5.32 Å². The van der Waals surface area contributed by atoms with E-state index in [1.165, 1.54) is 4.90 Å². The first-order valence-electron chi connectivity index (χ1n) is 6.89. The van der Waals surface area contributed by atoms with Crippen molar-refractivity contribution in [3.05, 3.63) is 29.3 Å². The molecule has 3 nitrogen and oxygen atoms in total. The quantitative estimate of drug-likeness (QED) is 0.573. The van der Waals surface area contributed by atoms with Gasteiger partial charge in [-0.2, -0.15) is 0 Å². The molecule has 0 spiro atoms. The predicted molar refractivity (Wildman–Crippen MR) is 83.2 cm³/mol. The number of nitrogens with one attached hydrogen (secondary N) is 1. The van der Waals surface area contributed by atoms with Crippen molar-refractivity contribution in [1.29, 1.82) is 0 Å². The zero-order valence-electron chi connectivity index (χ0n) is 11.4. The molecule has 0 heterocycles. The molecule has 0 unspecified atom stereocenters. The third-order valence-corrected chi connectivity index (χ3v) is 4.93. The molecule has 2 N–H and O–H groups in total. The van der Waals surface area contributed by atoms with Gasteiger partial charge in [-0.1, -0.05) is 11.6 Å². The Bertz CT molecular complexity index is 446. The van der Waals surface area contributed by atoms with Crippen molar-refractivity contribution >= 4 is 29.3 Å². The highest BCUT2D eigenvalue weighted by Gasteiger charge is 2.41. The lowest BCUT2D eigenvalue weighted by Gasteiger charge is -2.12. The summed E-state index contributed by atoms with van der Waals surface area (Å²) in [5.74, 6) is 1.00. The van der Waals surface area contributed by atoms with E-state index in [4.69, 9.17) is 16.7 Å². The molecule has 1 amide bonds. The Kier molecular flexibility index (Phi) is 5.75. The maximum Gasteiger partial charge on any atom is 0.220 e. The first-order valence-corrected chi connectivity index (χ1v) is 8.26. The van der Waals surface area contributed by atoms with Crippen LogP contribution in [0.1, 0.15) is 25.7 Å². The number of benzene rings is 1. The summed E-state index contributed by atoms with van der Waals surface area (Å²) in [7, 11) is 0. The smallest absolute Gasteiger partial charge is 0.220 e. The van der Waals surface area contributed by atoms with Crippen molar-refractivity contribution in [3.8, 4) is 0 Å². The number of carbonyl (C=O) groups is 1. The molecule has 1 saturated carbocycles. The molecule has 1 aliphatic rings. The summed E-state index contributed by atoms with van der Waals surface area (Å²) in [5, 5.41) is 12.8. The molecule has 20 heavy (non-hydrogen) atoms. The number of carbonyl (C=O) groups excluding carboxylic acids is 1. The molecule has 1 aromatic rings. The average molecular weight is 314 g/mol. The maximum atomic E-state index is 11.7. The highest BCUT2D eigenvalue weighted by Crippen LogP contribution is 2.44. The van der Waals surface area contributed by atoms with E-state index in [1.807, 2.05) is 24.3 Å². The maximum absolute atomic E-state index is 11.7. The largest absolute Gasteiger partial charge is 0.396 e. The van der Waals surface area contributed by atoms with Crippen LogP contribution in [-0.2, 0) is 4.79 Å². The van der Waals surface area contributed by atoms with Crippen LogP contribution >= 0.6 is 23.4 Å². The van der Waals surface area contributed by atoms with E-state index in [0.29, 0.717) is 13.0 Å². The van der Waals surface area contributed by atoms with Gasteiger partial charge in [-0.3, -0.25) is 4.79 Å². The summed E-state index contributed by atoms with van der Waals surface area (Å²) >= 11 is 7.56. The van der Waals surface area contributed by atoms with Crippen molar-refractivity contribution in [2.75, 3.05) is 18.9 Å². The van der Waals surface area contributed by atoms with Crippen molar-refractivity contribution in [2.24, 2.45) is 5.41 Å². The van der Waals surface area contributed by atoms with E-state index in [0.717, 1.165) is 30.0 Å². The Morgan fingerprint density at radius 2 is 2.05 bits per heavy atom. The van der Waals surface area contributed by atoms with Crippen LogP contribution in [0.25, 0.3) is 0 Å². The average Bonchev–Trinajstić information content (AvgIpc) is 3.24. The molecule has 0 bridgehead atoms. The van der Waals surface area contributed by atoms with Crippen LogP contribution in [0, 0.1) is 5.41 Å². The fourth-order valence-electron chi connectivity index (χ4n) is 1.90. The lowest BCUT2D eigenvalue weighted by Crippen LogP contribution is -2.31. The third kappa shape index (κ3) is 5.00. The number of aliphatic hydroxyl groups is 1. The summed E-state index contributed by atoms with van der Waals surface area (Å²) in [4.78, 5) is 12.8. The van der Waals surface area contributed by atoms with E-state index in [-0.39, 0.29) is 17.9 Å². The van der Waals surface area contributed by atoms with Crippen LogP contribution in [0.2, 0.25) is 5.02 Å². The fourth-order valence-corrected chi connectivity index (χ4v) is 2.87. The molecular formula is C15H20ClNO2S. The highest BCUT2D eigenvalue weighted by atomic mass is 35.5. The van der Waals surface area contributed by atoms with E-state index >= 15 is 0 Å². The molecule has 1 fully saturated rings. The Hall–Kier alpha value is -0.710. The first kappa shape index (κ1) is 15.7. The standard InChI is InChI=1S/C15H20ClNO2S/c16-12-3-5-13(6-4-12)20-9-1-2-14(19)17-10-15(11-18)7-8-15/h3-6,18H,1-2,7-11H2,(H,17,19). The monoisotopic (exact) mass is 313 g/mol. The fraction of sp³-hybridized carbons (Fsp3) is 0.533. The van der Waals surface area contributed by atoms with Gasteiger partial charge in [0, 0.05) is 28.3 Å². The van der Waals surface area contributed by atoms with Gasteiger partial charge in [0.1, 0.15) is 0 Å². The van der Waals surface area contributed by atoms with E-state index in [1.54, 1.807) is 11.8 Å². The Morgan fingerprint density at radius 1 is 1.35 bits per heavy atom. The van der Waals surface area contributed by atoms with Gasteiger partial charge in [0.15, 0.2) is 0 Å². The molecule has 1 aliphatic carbocycles. The van der Waals surface area contributed by atoms with Gasteiger partial charge in [0.05, 0.1) is 6.61 Å². The number of hydrogen-bond acceptors (Lipinski definition) is 3. The predicted octanol–water partition coefficient (Wildman–Crippen LogP) is 3.10. The third-order valence-electron chi connectivity index (χ3n) is 3.58. The van der Waals surface area contributed by atoms with Gasteiger partial charge in [0.2, 0.25) is 5.91 Å². The summed E-state index contributed by atoms with van der Waals surface area (Å²) in [6, 6.07) is 7.73. The zero-order chi connectivity index (χ0) is 14.4. The van der Waals surface area contributed by atoms with E-state index in [2.05, 4.69) is 5.32 Å². The molecule has 0 aliphatic heterocycles. The number of halogens is 1. The molecule has 2 rings (SSSR count). The summed E-state index contributed by atoms with van der Waals surface area (Å²) < 4.78 is 0. The van der Waals surface area contributed by atoms with Crippen molar-refractivity contribution < 1.29 is 9.90 Å². The molecule has 1 aromatic carbocycles. The van der Waals surface area contributed by atoms with Crippen LogP contribution in [0.5, 0.6) is 0 Å². The van der Waals surface area contributed by atoms with Crippen LogP contribution in [0.4, 0.5) is 0 Å². The molecule has 0 saturated heterocycles. The molecule has 0 aromatic heterocycles. The highest BCUT2D eigenvalue weighted by molar-refractivity contribution is 7.99. The SMILES string of the molecule is O=C(CCCSc1ccc(Cl)cc1)NCC1(CO)CC1. The number of rotatable bonds is 8. The molecule has 110 valence electrons.